The Hall–Kier alpha value is -1.86. The van der Waals surface area contributed by atoms with Crippen LogP contribution in [0.5, 0.6) is 0 Å². The second-order valence-corrected chi connectivity index (χ2v) is 6.55. The molecule has 5 nitrogen and oxygen atoms in total. The highest BCUT2D eigenvalue weighted by Gasteiger charge is 2.43. The summed E-state index contributed by atoms with van der Waals surface area (Å²) in [6.45, 7) is 1.90. The zero-order valence-electron chi connectivity index (χ0n) is 12.9. The van der Waals surface area contributed by atoms with Crippen LogP contribution in [0.25, 0.3) is 0 Å². The lowest BCUT2D eigenvalue weighted by Crippen LogP contribution is -2.39. The van der Waals surface area contributed by atoms with Crippen molar-refractivity contribution >= 4 is 33.4 Å². The number of halogens is 2. The average Bonchev–Trinajstić information content (AvgIpc) is 2.55. The summed E-state index contributed by atoms with van der Waals surface area (Å²) in [6.07, 6.45) is 0.445. The molecule has 0 aromatic heterocycles. The molecule has 0 aliphatic carbocycles. The van der Waals surface area contributed by atoms with E-state index in [1.165, 1.54) is 18.2 Å². The minimum atomic E-state index is -1.05. The third kappa shape index (κ3) is 2.82. The number of hydrogen-bond acceptors (Lipinski definition) is 4. The Kier molecular flexibility index (Phi) is 4.64. The van der Waals surface area contributed by atoms with Gasteiger partial charge in [-0.3, -0.25) is 14.6 Å². The Balaban J connectivity index is 2.22. The highest BCUT2D eigenvalue weighted by Crippen LogP contribution is 2.42. The Morgan fingerprint density at radius 3 is 2.83 bits per heavy atom. The van der Waals surface area contributed by atoms with Crippen molar-refractivity contribution in [3.63, 3.8) is 0 Å². The molecule has 2 aliphatic rings. The van der Waals surface area contributed by atoms with Crippen molar-refractivity contribution in [1.82, 2.24) is 0 Å². The maximum Gasteiger partial charge on any atom is 0.313 e. The molecule has 2 aliphatic heterocycles. The van der Waals surface area contributed by atoms with Crippen LogP contribution >= 0.6 is 15.9 Å². The summed E-state index contributed by atoms with van der Waals surface area (Å²) < 4.78 is 19.1. The Labute approximate surface area is 146 Å². The monoisotopic (exact) mass is 395 g/mol. The van der Waals surface area contributed by atoms with Crippen LogP contribution in [-0.2, 0) is 14.3 Å². The van der Waals surface area contributed by atoms with Gasteiger partial charge in [0, 0.05) is 17.2 Å². The van der Waals surface area contributed by atoms with E-state index in [1.54, 1.807) is 0 Å². The molecule has 0 bridgehead atoms. The smallest absolute Gasteiger partial charge is 0.313 e. The van der Waals surface area contributed by atoms with E-state index in [4.69, 9.17) is 4.74 Å². The van der Waals surface area contributed by atoms with Gasteiger partial charge in [-0.2, -0.15) is 0 Å². The van der Waals surface area contributed by atoms with Gasteiger partial charge in [-0.25, -0.2) is 4.39 Å². The third-order valence-electron chi connectivity index (χ3n) is 4.30. The van der Waals surface area contributed by atoms with Gasteiger partial charge in [0.25, 0.3) is 0 Å². The SMILES string of the molecule is CCC1=NC2=C(C(=O)COC2)C(c2ccc(F)c(Br)c2)C1C(=O)O. The topological polar surface area (TPSA) is 76.0 Å². The molecule has 24 heavy (non-hydrogen) atoms. The van der Waals surface area contributed by atoms with Crippen molar-refractivity contribution in [2.75, 3.05) is 13.2 Å². The Morgan fingerprint density at radius 1 is 1.46 bits per heavy atom. The van der Waals surface area contributed by atoms with Crippen LogP contribution < -0.4 is 0 Å². The number of Topliss-reactive ketones (excluding diaryl/α,β-unsaturated/α-hetero) is 1. The highest BCUT2D eigenvalue weighted by atomic mass is 79.9. The van der Waals surface area contributed by atoms with Gasteiger partial charge in [-0.15, -0.1) is 0 Å². The lowest BCUT2D eigenvalue weighted by atomic mass is 9.73. The molecule has 126 valence electrons. The first-order chi connectivity index (χ1) is 11.4. The molecular weight excluding hydrogens is 381 g/mol. The molecule has 0 spiro atoms. The van der Waals surface area contributed by atoms with E-state index in [0.717, 1.165) is 0 Å². The molecular formula is C17H15BrFNO4. The number of carbonyl (C=O) groups excluding carboxylic acids is 1. The number of ether oxygens (including phenoxy) is 1. The molecule has 2 heterocycles. The van der Waals surface area contributed by atoms with Gasteiger partial charge in [-0.05, 0) is 40.0 Å². The largest absolute Gasteiger partial charge is 0.481 e. The minimum absolute atomic E-state index is 0.0962. The van der Waals surface area contributed by atoms with Crippen molar-refractivity contribution in [1.29, 1.82) is 0 Å². The average molecular weight is 396 g/mol. The van der Waals surface area contributed by atoms with Crippen LogP contribution in [0.1, 0.15) is 24.8 Å². The van der Waals surface area contributed by atoms with E-state index in [2.05, 4.69) is 20.9 Å². The predicted octanol–water partition coefficient (Wildman–Crippen LogP) is 3.09. The minimum Gasteiger partial charge on any atom is -0.481 e. The van der Waals surface area contributed by atoms with Crippen LogP contribution in [0.2, 0.25) is 0 Å². The fraction of sp³-hybridized carbons (Fsp3) is 0.353. The van der Waals surface area contributed by atoms with Crippen LogP contribution in [0.4, 0.5) is 4.39 Å². The predicted molar refractivity (Wildman–Crippen MR) is 88.5 cm³/mol. The molecule has 7 heteroatoms. The van der Waals surface area contributed by atoms with Crippen molar-refractivity contribution in [3.8, 4) is 0 Å². The van der Waals surface area contributed by atoms with Gasteiger partial charge >= 0.3 is 5.97 Å². The van der Waals surface area contributed by atoms with E-state index in [0.29, 0.717) is 29.0 Å². The number of carbonyl (C=O) groups is 2. The quantitative estimate of drug-likeness (QED) is 0.852. The second-order valence-electron chi connectivity index (χ2n) is 5.70. The maximum absolute atomic E-state index is 13.6. The number of aliphatic imine (C=N–C) groups is 1. The van der Waals surface area contributed by atoms with E-state index in [9.17, 15) is 19.1 Å². The number of ketones is 1. The second kappa shape index (κ2) is 6.57. The Morgan fingerprint density at radius 2 is 2.21 bits per heavy atom. The number of carboxylic acids is 1. The maximum atomic E-state index is 13.6. The van der Waals surface area contributed by atoms with E-state index >= 15 is 0 Å². The molecule has 3 rings (SSSR count). The number of benzene rings is 1. The van der Waals surface area contributed by atoms with E-state index in [-0.39, 0.29) is 23.5 Å². The third-order valence-corrected chi connectivity index (χ3v) is 4.90. The normalized spacial score (nSPS) is 23.8. The molecule has 1 aromatic carbocycles. The summed E-state index contributed by atoms with van der Waals surface area (Å²) in [5.74, 6) is -3.41. The fourth-order valence-electron chi connectivity index (χ4n) is 3.25. The lowest BCUT2D eigenvalue weighted by Gasteiger charge is -2.34. The number of hydrogen-bond donors (Lipinski definition) is 1. The first kappa shape index (κ1) is 17.0. The highest BCUT2D eigenvalue weighted by molar-refractivity contribution is 9.10. The molecule has 1 N–H and O–H groups in total. The van der Waals surface area contributed by atoms with Crippen molar-refractivity contribution in [3.05, 3.63) is 45.3 Å². The molecule has 0 fully saturated rings. The summed E-state index contributed by atoms with van der Waals surface area (Å²) in [6, 6.07) is 4.31. The molecule has 2 unspecified atom stereocenters. The first-order valence-corrected chi connectivity index (χ1v) is 8.32. The lowest BCUT2D eigenvalue weighted by molar-refractivity contribution is -0.140. The zero-order valence-corrected chi connectivity index (χ0v) is 14.5. The van der Waals surface area contributed by atoms with Gasteiger partial charge in [-0.1, -0.05) is 13.0 Å². The standard InChI is InChI=1S/C17H15BrFNO4/c1-2-11-16(17(22)23)14(8-3-4-10(19)9(18)5-8)15-12(20-11)6-24-7-13(15)21/h3-5,14,16H,2,6-7H2,1H3,(H,22,23). The van der Waals surface area contributed by atoms with Crippen molar-refractivity contribution < 1.29 is 23.8 Å². The molecule has 1 aromatic rings. The van der Waals surface area contributed by atoms with E-state index < -0.39 is 23.6 Å². The van der Waals surface area contributed by atoms with Crippen LogP contribution in [0, 0.1) is 11.7 Å². The van der Waals surface area contributed by atoms with Crippen molar-refractivity contribution in [2.45, 2.75) is 19.3 Å². The van der Waals surface area contributed by atoms with Crippen LogP contribution in [0.3, 0.4) is 0 Å². The summed E-state index contributed by atoms with van der Waals surface area (Å²) in [4.78, 5) is 28.7. The van der Waals surface area contributed by atoms with Gasteiger partial charge < -0.3 is 9.84 Å². The van der Waals surface area contributed by atoms with Gasteiger partial charge in [0.1, 0.15) is 18.3 Å². The summed E-state index contributed by atoms with van der Waals surface area (Å²) in [5.41, 5.74) is 1.90. The van der Waals surface area contributed by atoms with Crippen molar-refractivity contribution in [2.24, 2.45) is 10.9 Å². The molecule has 0 amide bonds. The van der Waals surface area contributed by atoms with Gasteiger partial charge in [0.05, 0.1) is 16.8 Å². The Bertz CT molecular complexity index is 787. The number of aliphatic carboxylic acids is 1. The number of nitrogens with zero attached hydrogens (tertiary/aromatic N) is 1. The first-order valence-electron chi connectivity index (χ1n) is 7.53. The molecule has 0 saturated heterocycles. The van der Waals surface area contributed by atoms with Crippen LogP contribution in [0.15, 0.2) is 38.9 Å². The molecule has 0 saturated carbocycles. The van der Waals surface area contributed by atoms with Gasteiger partial charge in [0.15, 0.2) is 5.78 Å². The molecule has 2 atom stereocenters. The molecule has 0 radical (unpaired) electrons. The number of carboxylic acid groups (broad SMARTS) is 1. The summed E-state index contributed by atoms with van der Waals surface area (Å²) in [5, 5.41) is 9.74. The zero-order chi connectivity index (χ0) is 17.4. The summed E-state index contributed by atoms with van der Waals surface area (Å²) in [7, 11) is 0. The summed E-state index contributed by atoms with van der Waals surface area (Å²) >= 11 is 3.13. The van der Waals surface area contributed by atoms with E-state index in [1.807, 2.05) is 6.92 Å². The number of rotatable bonds is 3. The van der Waals surface area contributed by atoms with Gasteiger partial charge in [0.2, 0.25) is 0 Å². The fourth-order valence-corrected chi connectivity index (χ4v) is 3.65. The van der Waals surface area contributed by atoms with Crippen LogP contribution in [-0.4, -0.2) is 35.8 Å².